The fourth-order valence-corrected chi connectivity index (χ4v) is 2.87. The predicted molar refractivity (Wildman–Crippen MR) is 84.3 cm³/mol. The summed E-state index contributed by atoms with van der Waals surface area (Å²) >= 11 is 0. The van der Waals surface area contributed by atoms with Gasteiger partial charge in [0.1, 0.15) is 6.04 Å². The molecule has 2 aromatic rings. The van der Waals surface area contributed by atoms with Gasteiger partial charge in [-0.2, -0.15) is 0 Å². The minimum absolute atomic E-state index is 0.0193. The van der Waals surface area contributed by atoms with Gasteiger partial charge < -0.3 is 20.1 Å². The van der Waals surface area contributed by atoms with Crippen molar-refractivity contribution in [2.24, 2.45) is 0 Å². The third-order valence-corrected chi connectivity index (χ3v) is 4.25. The van der Waals surface area contributed by atoms with Gasteiger partial charge in [-0.15, -0.1) is 0 Å². The fraction of sp³-hybridized carbons (Fsp3) is 0.375. The monoisotopic (exact) mass is 300 g/mol. The highest BCUT2D eigenvalue weighted by molar-refractivity contribution is 5.88. The lowest BCUT2D eigenvalue weighted by atomic mass is 10.1. The summed E-state index contributed by atoms with van der Waals surface area (Å²) < 4.78 is 0. The van der Waals surface area contributed by atoms with Crippen molar-refractivity contribution in [3.05, 3.63) is 36.0 Å². The minimum Gasteiger partial charge on any atom is -0.361 e. The molecule has 0 saturated carbocycles. The number of piperazine rings is 1. The lowest BCUT2D eigenvalue weighted by Crippen LogP contribution is -2.58. The molecular weight excluding hydrogens is 280 g/mol. The van der Waals surface area contributed by atoms with Gasteiger partial charge in [-0.05, 0) is 24.6 Å². The molecule has 1 saturated heterocycles. The Balaban J connectivity index is 1.67. The zero-order chi connectivity index (χ0) is 15.7. The smallest absolute Gasteiger partial charge is 0.318 e. The van der Waals surface area contributed by atoms with Crippen LogP contribution >= 0.6 is 0 Å². The zero-order valence-electron chi connectivity index (χ0n) is 12.8. The molecule has 1 aliphatic heterocycles. The molecule has 1 aromatic carbocycles. The number of aromatic amines is 1. The number of nitrogens with one attached hydrogen (secondary N) is 2. The molecule has 22 heavy (non-hydrogen) atoms. The number of urea groups is 1. The van der Waals surface area contributed by atoms with Gasteiger partial charge >= 0.3 is 6.03 Å². The van der Waals surface area contributed by atoms with E-state index in [-0.39, 0.29) is 11.9 Å². The van der Waals surface area contributed by atoms with E-state index in [1.807, 2.05) is 30.5 Å². The predicted octanol–water partition coefficient (Wildman–Crippen LogP) is 1.54. The maximum Gasteiger partial charge on any atom is 0.318 e. The van der Waals surface area contributed by atoms with Crippen LogP contribution in [0.4, 0.5) is 4.79 Å². The fourth-order valence-electron chi connectivity index (χ4n) is 2.87. The molecule has 3 rings (SSSR count). The molecule has 6 nitrogen and oxygen atoms in total. The summed E-state index contributed by atoms with van der Waals surface area (Å²) in [4.78, 5) is 30.7. The largest absolute Gasteiger partial charge is 0.361 e. The summed E-state index contributed by atoms with van der Waals surface area (Å²) in [6, 6.07) is 7.35. The number of nitrogens with zero attached hydrogens (tertiary/aromatic N) is 2. The van der Waals surface area contributed by atoms with E-state index >= 15 is 0 Å². The number of benzene rings is 1. The molecule has 6 heteroatoms. The Bertz CT molecular complexity index is 709. The molecule has 1 aromatic heterocycles. The lowest BCUT2D eigenvalue weighted by Gasteiger charge is -2.37. The molecule has 2 heterocycles. The van der Waals surface area contributed by atoms with Gasteiger partial charge in [-0.25, -0.2) is 4.79 Å². The molecule has 3 amide bonds. The zero-order valence-corrected chi connectivity index (χ0v) is 12.8. The van der Waals surface area contributed by atoms with Crippen molar-refractivity contribution in [3.8, 4) is 0 Å². The average Bonchev–Trinajstić information content (AvgIpc) is 2.99. The van der Waals surface area contributed by atoms with Crippen LogP contribution in [0.1, 0.15) is 12.5 Å². The maximum atomic E-state index is 12.3. The van der Waals surface area contributed by atoms with Crippen LogP contribution in [0.3, 0.4) is 0 Å². The molecule has 1 aliphatic rings. The average molecular weight is 300 g/mol. The van der Waals surface area contributed by atoms with Crippen LogP contribution in [-0.2, 0) is 11.3 Å². The first kappa shape index (κ1) is 14.4. The highest BCUT2D eigenvalue weighted by Crippen LogP contribution is 2.17. The van der Waals surface area contributed by atoms with Gasteiger partial charge in [-0.3, -0.25) is 4.79 Å². The van der Waals surface area contributed by atoms with Crippen molar-refractivity contribution in [3.63, 3.8) is 0 Å². The molecule has 0 unspecified atom stereocenters. The number of fused-ring (bicyclic) bond motifs is 1. The third kappa shape index (κ3) is 2.52. The Kier molecular flexibility index (Phi) is 3.75. The quantitative estimate of drug-likeness (QED) is 0.883. The number of carbonyl (C=O) groups excluding carboxylic acids is 2. The van der Waals surface area contributed by atoms with E-state index in [4.69, 9.17) is 0 Å². The van der Waals surface area contributed by atoms with Gasteiger partial charge in [0.25, 0.3) is 0 Å². The molecule has 0 spiro atoms. The molecular formula is C16H20N4O2. The number of aromatic nitrogens is 1. The highest BCUT2D eigenvalue weighted by atomic mass is 16.2. The van der Waals surface area contributed by atoms with Crippen LogP contribution in [0, 0.1) is 0 Å². The summed E-state index contributed by atoms with van der Waals surface area (Å²) in [6.45, 7) is 3.35. The first-order valence-corrected chi connectivity index (χ1v) is 7.42. The maximum absolute atomic E-state index is 12.3. The van der Waals surface area contributed by atoms with Crippen LogP contribution < -0.4 is 5.32 Å². The summed E-state index contributed by atoms with van der Waals surface area (Å²) in [5, 5.41) is 4.02. The number of hydrogen-bond acceptors (Lipinski definition) is 2. The third-order valence-electron chi connectivity index (χ3n) is 4.25. The van der Waals surface area contributed by atoms with Crippen molar-refractivity contribution >= 4 is 22.8 Å². The summed E-state index contributed by atoms with van der Waals surface area (Å²) in [5.74, 6) is -0.0193. The number of hydrogen-bond donors (Lipinski definition) is 2. The second-order valence-electron chi connectivity index (χ2n) is 5.64. The van der Waals surface area contributed by atoms with Gasteiger partial charge in [0.2, 0.25) is 5.91 Å². The molecule has 0 radical (unpaired) electrons. The van der Waals surface area contributed by atoms with Crippen LogP contribution in [0.15, 0.2) is 30.5 Å². The van der Waals surface area contributed by atoms with Crippen LogP contribution in [0.5, 0.6) is 0 Å². The van der Waals surface area contributed by atoms with E-state index in [9.17, 15) is 9.59 Å². The molecule has 0 bridgehead atoms. The number of likely N-dealkylation sites (N-methyl/N-ethyl adjacent to an activating group) is 1. The number of rotatable bonds is 2. The Morgan fingerprint density at radius 3 is 3.00 bits per heavy atom. The van der Waals surface area contributed by atoms with Gasteiger partial charge in [-0.1, -0.05) is 12.1 Å². The van der Waals surface area contributed by atoms with E-state index in [0.717, 1.165) is 16.5 Å². The topological polar surface area (TPSA) is 68.4 Å². The molecule has 1 fully saturated rings. The van der Waals surface area contributed by atoms with Gasteiger partial charge in [0.05, 0.1) is 0 Å². The second kappa shape index (κ2) is 5.71. The standard InChI is InChI=1S/C16H20N4O2/c1-11-15(21)19(2)8-9-20(11)16(22)18-10-12-4-3-5-14-13(12)6-7-17-14/h3-7,11,17H,8-10H2,1-2H3,(H,18,22)/t11-/m1/s1. The number of amides is 3. The Hall–Kier alpha value is -2.50. The number of H-pyrrole nitrogens is 1. The molecule has 0 aliphatic carbocycles. The van der Waals surface area contributed by atoms with Crippen molar-refractivity contribution in [2.45, 2.75) is 19.5 Å². The van der Waals surface area contributed by atoms with E-state index in [0.29, 0.717) is 19.6 Å². The minimum atomic E-state index is -0.415. The highest BCUT2D eigenvalue weighted by Gasteiger charge is 2.32. The Labute approximate surface area is 129 Å². The van der Waals surface area contributed by atoms with E-state index in [1.165, 1.54) is 0 Å². The van der Waals surface area contributed by atoms with E-state index in [1.54, 1.807) is 23.8 Å². The van der Waals surface area contributed by atoms with E-state index in [2.05, 4.69) is 10.3 Å². The summed E-state index contributed by atoms with van der Waals surface area (Å²) in [6.07, 6.45) is 1.89. The molecule has 1 atom stereocenters. The van der Waals surface area contributed by atoms with Crippen molar-refractivity contribution in [1.82, 2.24) is 20.1 Å². The van der Waals surface area contributed by atoms with Crippen molar-refractivity contribution in [2.75, 3.05) is 20.1 Å². The van der Waals surface area contributed by atoms with Crippen molar-refractivity contribution in [1.29, 1.82) is 0 Å². The Morgan fingerprint density at radius 1 is 1.36 bits per heavy atom. The van der Waals surface area contributed by atoms with Crippen LogP contribution in [-0.4, -0.2) is 52.9 Å². The summed E-state index contributed by atoms with van der Waals surface area (Å²) in [5.41, 5.74) is 2.11. The normalized spacial score (nSPS) is 18.8. The molecule has 116 valence electrons. The van der Waals surface area contributed by atoms with Gasteiger partial charge in [0.15, 0.2) is 0 Å². The first-order valence-electron chi connectivity index (χ1n) is 7.42. The second-order valence-corrected chi connectivity index (χ2v) is 5.64. The lowest BCUT2D eigenvalue weighted by molar-refractivity contribution is -0.137. The SMILES string of the molecule is C[C@@H]1C(=O)N(C)CCN1C(=O)NCc1cccc2[nH]ccc12. The van der Waals surface area contributed by atoms with Crippen LogP contribution in [0.25, 0.3) is 10.9 Å². The summed E-state index contributed by atoms with van der Waals surface area (Å²) in [7, 11) is 1.76. The van der Waals surface area contributed by atoms with Crippen LogP contribution in [0.2, 0.25) is 0 Å². The van der Waals surface area contributed by atoms with E-state index < -0.39 is 6.04 Å². The Morgan fingerprint density at radius 2 is 2.18 bits per heavy atom. The molecule has 2 N–H and O–H groups in total. The van der Waals surface area contributed by atoms with Gasteiger partial charge in [0, 0.05) is 43.8 Å². The first-order chi connectivity index (χ1) is 10.6. The van der Waals surface area contributed by atoms with Crippen molar-refractivity contribution < 1.29 is 9.59 Å². The number of carbonyl (C=O) groups is 2.